The number of Topliss-reactive ketones (excluding diaryl/α,β-unsaturated/α-hetero) is 1. The summed E-state index contributed by atoms with van der Waals surface area (Å²) in [5.41, 5.74) is 5.16. The number of aliphatic hydroxyl groups is 1. The Morgan fingerprint density at radius 2 is 2.06 bits per heavy atom. The van der Waals surface area contributed by atoms with E-state index in [9.17, 15) is 14.7 Å². The van der Waals surface area contributed by atoms with Crippen LogP contribution in [0.2, 0.25) is 0 Å². The van der Waals surface area contributed by atoms with E-state index < -0.39 is 23.0 Å². The predicted molar refractivity (Wildman–Crippen MR) is 136 cm³/mol. The summed E-state index contributed by atoms with van der Waals surface area (Å²) in [5.74, 6) is 0.116. The number of aliphatic hydroxyl groups excluding tert-OH is 1. The number of benzene rings is 1. The quantitative estimate of drug-likeness (QED) is 0.256. The molecule has 0 aliphatic heterocycles. The van der Waals surface area contributed by atoms with Crippen molar-refractivity contribution in [1.29, 1.82) is 0 Å². The molecule has 0 radical (unpaired) electrons. The second kappa shape index (κ2) is 9.02. The minimum atomic E-state index is -0.653. The number of ether oxygens (including phenoxy) is 1. The van der Waals surface area contributed by atoms with Gasteiger partial charge in [0.05, 0.1) is 11.9 Å². The maximum Gasteiger partial charge on any atom is 0.316 e. The van der Waals surface area contributed by atoms with Crippen LogP contribution in [0.15, 0.2) is 41.8 Å². The van der Waals surface area contributed by atoms with Crippen LogP contribution in [0.4, 0.5) is 5.69 Å². The average Bonchev–Trinajstić information content (AvgIpc) is 3.16. The summed E-state index contributed by atoms with van der Waals surface area (Å²) in [6.45, 7) is 12.6. The Hall–Kier alpha value is -1.79. The molecule has 0 saturated heterocycles. The van der Waals surface area contributed by atoms with Gasteiger partial charge in [0.25, 0.3) is 0 Å². The van der Waals surface area contributed by atoms with Crippen LogP contribution in [0.3, 0.4) is 0 Å². The average molecular weight is 486 g/mol. The van der Waals surface area contributed by atoms with Gasteiger partial charge in [-0.25, -0.2) is 0 Å². The van der Waals surface area contributed by atoms with Crippen LogP contribution in [0.1, 0.15) is 59.8 Å². The molecule has 0 aromatic heterocycles. The molecular formula is C28H39NO4S. The Kier molecular flexibility index (Phi) is 6.71. The number of hydrogen-bond acceptors (Lipinski definition) is 6. The fourth-order valence-electron chi connectivity index (χ4n) is 7.44. The third-order valence-electron chi connectivity index (χ3n) is 9.79. The van der Waals surface area contributed by atoms with Gasteiger partial charge < -0.3 is 15.6 Å². The van der Waals surface area contributed by atoms with E-state index in [0.29, 0.717) is 18.5 Å². The maximum absolute atomic E-state index is 13.4. The van der Waals surface area contributed by atoms with Crippen molar-refractivity contribution < 1.29 is 19.4 Å². The Morgan fingerprint density at radius 3 is 2.74 bits per heavy atom. The van der Waals surface area contributed by atoms with E-state index in [0.717, 1.165) is 24.2 Å². The number of anilines is 1. The zero-order chi connectivity index (χ0) is 24.9. The third kappa shape index (κ3) is 3.91. The molecule has 3 aliphatic rings. The highest BCUT2D eigenvalue weighted by Crippen LogP contribution is 2.68. The molecule has 8 atom stereocenters. The summed E-state index contributed by atoms with van der Waals surface area (Å²) >= 11 is 1.40. The molecule has 4 rings (SSSR count). The number of esters is 1. The smallest absolute Gasteiger partial charge is 0.316 e. The van der Waals surface area contributed by atoms with Crippen molar-refractivity contribution in [2.24, 2.45) is 34.0 Å². The van der Waals surface area contributed by atoms with Crippen LogP contribution >= 0.6 is 11.8 Å². The van der Waals surface area contributed by atoms with E-state index in [4.69, 9.17) is 10.5 Å². The standard InChI is InChI=1S/C28H39NO4S/c1-6-26(4)15-22(33-23(31)16-34-20-9-7-8-19(29)14-20)27(5)17(2)10-12-28(18(3)25(26)32)13-11-21(30)24(27)28/h6-9,14,17-18,22,24-25,32H,1,10-13,15-16,29H2,2-5H3/t17?,18-,22+,24?,25?,26+,27-,28?/m0/s1. The zero-order valence-corrected chi connectivity index (χ0v) is 21.7. The molecule has 1 aromatic carbocycles. The van der Waals surface area contributed by atoms with Crippen molar-refractivity contribution in [2.75, 3.05) is 11.5 Å². The van der Waals surface area contributed by atoms with E-state index in [1.165, 1.54) is 11.8 Å². The van der Waals surface area contributed by atoms with Gasteiger partial charge in [-0.1, -0.05) is 39.8 Å². The number of nitrogens with two attached hydrogens (primary N) is 1. The molecule has 3 aliphatic carbocycles. The maximum atomic E-state index is 13.4. The van der Waals surface area contributed by atoms with Crippen molar-refractivity contribution in [3.63, 3.8) is 0 Å². The molecule has 6 heteroatoms. The second-order valence-corrected chi connectivity index (χ2v) is 12.5. The lowest BCUT2D eigenvalue weighted by Gasteiger charge is -2.61. The van der Waals surface area contributed by atoms with E-state index in [1.807, 2.05) is 37.3 Å². The first kappa shape index (κ1) is 25.3. The highest BCUT2D eigenvalue weighted by atomic mass is 32.2. The van der Waals surface area contributed by atoms with Crippen molar-refractivity contribution >= 4 is 29.2 Å². The SMILES string of the molecule is C=C[C@]1(C)C[C@@H](OC(=O)CSc2cccc(N)c2)[C@]2(C)C(C)CCC3(CCC(=O)C32)[C@@H](C)C1O. The molecule has 5 nitrogen and oxygen atoms in total. The number of hydrogen-bond donors (Lipinski definition) is 2. The highest BCUT2D eigenvalue weighted by Gasteiger charge is 2.68. The van der Waals surface area contributed by atoms with Crippen LogP contribution < -0.4 is 5.73 Å². The lowest BCUT2D eigenvalue weighted by molar-refractivity contribution is -0.205. The molecule has 4 unspecified atom stereocenters. The molecule has 3 fully saturated rings. The van der Waals surface area contributed by atoms with Gasteiger partial charge in [-0.05, 0) is 61.1 Å². The number of carbonyl (C=O) groups excluding carboxylic acids is 2. The lowest BCUT2D eigenvalue weighted by Crippen LogP contribution is -2.63. The summed E-state index contributed by atoms with van der Waals surface area (Å²) in [5, 5.41) is 11.6. The number of thioether (sulfide) groups is 1. The second-order valence-electron chi connectivity index (χ2n) is 11.4. The van der Waals surface area contributed by atoms with Crippen LogP contribution in [-0.4, -0.2) is 34.8 Å². The van der Waals surface area contributed by atoms with Crippen LogP contribution in [0.5, 0.6) is 0 Å². The summed E-state index contributed by atoms with van der Waals surface area (Å²) in [4.78, 5) is 27.5. The molecule has 0 heterocycles. The summed E-state index contributed by atoms with van der Waals surface area (Å²) in [6.07, 6.45) is 4.39. The summed E-state index contributed by atoms with van der Waals surface area (Å²) in [7, 11) is 0. The van der Waals surface area contributed by atoms with Crippen molar-refractivity contribution in [1.82, 2.24) is 0 Å². The van der Waals surface area contributed by atoms with E-state index >= 15 is 0 Å². The van der Waals surface area contributed by atoms with E-state index in [2.05, 4.69) is 27.4 Å². The molecule has 0 amide bonds. The Labute approximate surface area is 207 Å². The molecule has 0 spiro atoms. The predicted octanol–water partition coefficient (Wildman–Crippen LogP) is 5.27. The number of carbonyl (C=O) groups is 2. The topological polar surface area (TPSA) is 89.6 Å². The molecule has 34 heavy (non-hydrogen) atoms. The highest BCUT2D eigenvalue weighted by molar-refractivity contribution is 8.00. The van der Waals surface area contributed by atoms with Crippen molar-refractivity contribution in [2.45, 2.75) is 76.9 Å². The fraction of sp³-hybridized carbons (Fsp3) is 0.643. The summed E-state index contributed by atoms with van der Waals surface area (Å²) in [6, 6.07) is 7.45. The first-order chi connectivity index (χ1) is 16.0. The summed E-state index contributed by atoms with van der Waals surface area (Å²) < 4.78 is 6.27. The van der Waals surface area contributed by atoms with Gasteiger partial charge >= 0.3 is 5.97 Å². The molecule has 1 aromatic rings. The lowest BCUT2D eigenvalue weighted by atomic mass is 9.44. The molecule has 3 saturated carbocycles. The first-order valence-electron chi connectivity index (χ1n) is 12.5. The zero-order valence-electron chi connectivity index (χ0n) is 20.9. The van der Waals surface area contributed by atoms with Gasteiger partial charge in [0.15, 0.2) is 0 Å². The minimum Gasteiger partial charge on any atom is -0.461 e. The van der Waals surface area contributed by atoms with Gasteiger partial charge in [0.1, 0.15) is 11.9 Å². The van der Waals surface area contributed by atoms with E-state index in [-0.39, 0.29) is 40.7 Å². The van der Waals surface area contributed by atoms with Gasteiger partial charge in [-0.15, -0.1) is 18.3 Å². The number of ketones is 1. The third-order valence-corrected chi connectivity index (χ3v) is 10.8. The Morgan fingerprint density at radius 1 is 1.32 bits per heavy atom. The number of nitrogen functional groups attached to an aromatic ring is 1. The number of rotatable bonds is 5. The molecule has 3 N–H and O–H groups in total. The molecule has 186 valence electrons. The van der Waals surface area contributed by atoms with Gasteiger partial charge in [0.2, 0.25) is 0 Å². The molecule has 2 bridgehead atoms. The van der Waals surface area contributed by atoms with E-state index in [1.54, 1.807) is 0 Å². The van der Waals surface area contributed by atoms with Crippen LogP contribution in [-0.2, 0) is 14.3 Å². The monoisotopic (exact) mass is 485 g/mol. The minimum absolute atomic E-state index is 0.0329. The van der Waals surface area contributed by atoms with Gasteiger partial charge in [-0.2, -0.15) is 0 Å². The van der Waals surface area contributed by atoms with Crippen molar-refractivity contribution in [3.8, 4) is 0 Å². The normalized spacial score (nSPS) is 41.8. The van der Waals surface area contributed by atoms with Crippen LogP contribution in [0, 0.1) is 34.0 Å². The first-order valence-corrected chi connectivity index (χ1v) is 13.5. The van der Waals surface area contributed by atoms with Gasteiger partial charge in [0, 0.05) is 33.8 Å². The molecular weight excluding hydrogens is 446 g/mol. The fourth-order valence-corrected chi connectivity index (χ4v) is 8.19. The largest absolute Gasteiger partial charge is 0.461 e. The Balaban J connectivity index is 1.68. The van der Waals surface area contributed by atoms with Crippen LogP contribution in [0.25, 0.3) is 0 Å². The van der Waals surface area contributed by atoms with Crippen molar-refractivity contribution in [3.05, 3.63) is 36.9 Å². The Bertz CT molecular complexity index is 981. The van der Waals surface area contributed by atoms with Gasteiger partial charge in [-0.3, -0.25) is 9.59 Å².